The number of hydrogen-bond donors (Lipinski definition) is 1. The van der Waals surface area contributed by atoms with E-state index in [2.05, 4.69) is 27.9 Å². The molecule has 1 aliphatic carbocycles. The monoisotopic (exact) mass is 257 g/mol. The van der Waals surface area contributed by atoms with Crippen LogP contribution in [-0.4, -0.2) is 25.8 Å². The zero-order valence-electron chi connectivity index (χ0n) is 9.95. The van der Waals surface area contributed by atoms with E-state index in [-0.39, 0.29) is 0 Å². The maximum Gasteiger partial charge on any atom is 0.195 e. The first-order valence-corrected chi connectivity index (χ1v) is 7.53. The van der Waals surface area contributed by atoms with Gasteiger partial charge in [-0.1, -0.05) is 13.3 Å². The minimum atomic E-state index is 0.421. The smallest absolute Gasteiger partial charge is 0.195 e. The van der Waals surface area contributed by atoms with Crippen LogP contribution in [0.1, 0.15) is 38.4 Å². The van der Waals surface area contributed by atoms with Crippen LogP contribution in [-0.2, 0) is 13.0 Å². The van der Waals surface area contributed by atoms with Crippen LogP contribution in [0.2, 0.25) is 0 Å². The molecule has 2 rings (SSSR count). The number of thioether (sulfide) groups is 1. The summed E-state index contributed by atoms with van der Waals surface area (Å²) < 4.78 is 3.41. The number of rotatable bonds is 5. The minimum Gasteiger partial charge on any atom is -0.303 e. The van der Waals surface area contributed by atoms with Crippen molar-refractivity contribution in [2.45, 2.75) is 50.3 Å². The fraction of sp³-hybridized carbons (Fsp3) is 0.818. The number of nitrogens with one attached hydrogen (secondary N) is 1. The van der Waals surface area contributed by atoms with Crippen molar-refractivity contribution in [3.63, 3.8) is 0 Å². The summed E-state index contributed by atoms with van der Waals surface area (Å²) in [7, 11) is 0. The zero-order chi connectivity index (χ0) is 11.6. The van der Waals surface area contributed by atoms with Gasteiger partial charge >= 0.3 is 0 Å². The van der Waals surface area contributed by atoms with Crippen molar-refractivity contribution in [1.29, 1.82) is 0 Å². The van der Waals surface area contributed by atoms with Crippen LogP contribution in [0, 0.1) is 4.77 Å². The lowest BCUT2D eigenvalue weighted by atomic mass is 9.84. The van der Waals surface area contributed by atoms with Gasteiger partial charge in [-0.05, 0) is 37.7 Å². The first-order chi connectivity index (χ1) is 7.71. The minimum absolute atomic E-state index is 0.421. The Morgan fingerprint density at radius 1 is 1.56 bits per heavy atom. The third kappa shape index (κ3) is 2.20. The highest BCUT2D eigenvalue weighted by molar-refractivity contribution is 8.00. The fourth-order valence-corrected chi connectivity index (χ4v) is 3.38. The molecule has 0 atom stereocenters. The molecule has 5 heteroatoms. The summed E-state index contributed by atoms with van der Waals surface area (Å²) >= 11 is 7.29. The molecule has 1 aliphatic rings. The molecule has 1 fully saturated rings. The SMILES string of the molecule is CCCc1n[nH]c(=S)n1CC1(SC)CCC1. The van der Waals surface area contributed by atoms with E-state index in [1.54, 1.807) is 0 Å². The Morgan fingerprint density at radius 2 is 2.31 bits per heavy atom. The van der Waals surface area contributed by atoms with Crippen molar-refractivity contribution in [2.24, 2.45) is 0 Å². The molecule has 0 aromatic carbocycles. The molecule has 0 amide bonds. The Kier molecular flexibility index (Phi) is 3.74. The molecule has 1 heterocycles. The molecular weight excluding hydrogens is 238 g/mol. The van der Waals surface area contributed by atoms with Crippen molar-refractivity contribution in [3.8, 4) is 0 Å². The van der Waals surface area contributed by atoms with Crippen LogP contribution >= 0.6 is 24.0 Å². The summed E-state index contributed by atoms with van der Waals surface area (Å²) in [6.45, 7) is 3.20. The van der Waals surface area contributed by atoms with Crippen molar-refractivity contribution in [1.82, 2.24) is 14.8 Å². The second-order valence-electron chi connectivity index (χ2n) is 4.52. The van der Waals surface area contributed by atoms with Crippen molar-refractivity contribution < 1.29 is 0 Å². The topological polar surface area (TPSA) is 33.6 Å². The van der Waals surface area contributed by atoms with Crippen LogP contribution in [0.4, 0.5) is 0 Å². The highest BCUT2D eigenvalue weighted by atomic mass is 32.2. The summed E-state index contributed by atoms with van der Waals surface area (Å²) in [5.41, 5.74) is 0. The van der Waals surface area contributed by atoms with Gasteiger partial charge in [0, 0.05) is 17.7 Å². The lowest BCUT2D eigenvalue weighted by Gasteiger charge is -2.40. The average molecular weight is 257 g/mol. The van der Waals surface area contributed by atoms with E-state index in [0.29, 0.717) is 4.75 Å². The molecule has 1 aromatic rings. The summed E-state index contributed by atoms with van der Waals surface area (Å²) in [5, 5.41) is 7.24. The molecule has 0 spiro atoms. The number of nitrogens with zero attached hydrogens (tertiary/aromatic N) is 2. The van der Waals surface area contributed by atoms with Crippen LogP contribution in [0.15, 0.2) is 0 Å². The zero-order valence-corrected chi connectivity index (χ0v) is 11.6. The van der Waals surface area contributed by atoms with E-state index in [4.69, 9.17) is 12.2 Å². The second-order valence-corrected chi connectivity index (χ2v) is 6.18. The van der Waals surface area contributed by atoms with Gasteiger partial charge in [0.15, 0.2) is 4.77 Å². The summed E-state index contributed by atoms with van der Waals surface area (Å²) in [6, 6.07) is 0. The number of aryl methyl sites for hydroxylation is 1. The average Bonchev–Trinajstić information content (AvgIpc) is 2.55. The van der Waals surface area contributed by atoms with Gasteiger partial charge in [-0.25, -0.2) is 0 Å². The number of aromatic amines is 1. The predicted octanol–water partition coefficient (Wildman–Crippen LogP) is 3.18. The number of H-pyrrole nitrogens is 1. The lowest BCUT2D eigenvalue weighted by molar-refractivity contribution is 0.316. The first kappa shape index (κ1) is 12.2. The quantitative estimate of drug-likeness (QED) is 0.823. The van der Waals surface area contributed by atoms with Gasteiger partial charge in [0.2, 0.25) is 0 Å². The predicted molar refractivity (Wildman–Crippen MR) is 71.5 cm³/mol. The molecule has 0 saturated heterocycles. The van der Waals surface area contributed by atoms with Gasteiger partial charge < -0.3 is 4.57 Å². The molecule has 16 heavy (non-hydrogen) atoms. The van der Waals surface area contributed by atoms with E-state index >= 15 is 0 Å². The Morgan fingerprint density at radius 3 is 2.81 bits per heavy atom. The molecule has 1 N–H and O–H groups in total. The Balaban J connectivity index is 2.19. The molecular formula is C11H19N3S2. The first-order valence-electron chi connectivity index (χ1n) is 5.90. The molecule has 0 unspecified atom stereocenters. The van der Waals surface area contributed by atoms with Gasteiger partial charge in [0.05, 0.1) is 0 Å². The van der Waals surface area contributed by atoms with Crippen molar-refractivity contribution in [3.05, 3.63) is 10.6 Å². The van der Waals surface area contributed by atoms with Crippen LogP contribution < -0.4 is 0 Å². The third-order valence-corrected chi connectivity index (χ3v) is 5.17. The van der Waals surface area contributed by atoms with Crippen LogP contribution in [0.25, 0.3) is 0 Å². The molecule has 90 valence electrons. The number of hydrogen-bond acceptors (Lipinski definition) is 3. The van der Waals surface area contributed by atoms with Gasteiger partial charge in [0.25, 0.3) is 0 Å². The van der Waals surface area contributed by atoms with Crippen LogP contribution in [0.5, 0.6) is 0 Å². The van der Waals surface area contributed by atoms with Crippen molar-refractivity contribution in [2.75, 3.05) is 6.26 Å². The summed E-state index contributed by atoms with van der Waals surface area (Å²) in [5.74, 6) is 1.12. The number of aromatic nitrogens is 3. The van der Waals surface area contributed by atoms with Crippen LogP contribution in [0.3, 0.4) is 0 Å². The standard InChI is InChI=1S/C11H19N3S2/c1-3-5-9-12-13-10(15)14(9)8-11(16-2)6-4-7-11/h3-8H2,1-2H3,(H,13,15). The Labute approximate surface area is 106 Å². The van der Waals surface area contributed by atoms with Gasteiger partial charge in [-0.2, -0.15) is 16.9 Å². The highest BCUT2D eigenvalue weighted by Gasteiger charge is 2.37. The molecule has 3 nitrogen and oxygen atoms in total. The van der Waals surface area contributed by atoms with Gasteiger partial charge in [-0.15, -0.1) is 0 Å². The molecule has 0 radical (unpaired) electrons. The largest absolute Gasteiger partial charge is 0.303 e. The van der Waals surface area contributed by atoms with E-state index in [0.717, 1.165) is 30.0 Å². The highest BCUT2D eigenvalue weighted by Crippen LogP contribution is 2.44. The van der Waals surface area contributed by atoms with Crippen molar-refractivity contribution >= 4 is 24.0 Å². The summed E-state index contributed by atoms with van der Waals surface area (Å²) in [4.78, 5) is 0. The molecule has 0 bridgehead atoms. The fourth-order valence-electron chi connectivity index (χ4n) is 2.21. The maximum atomic E-state index is 5.31. The maximum absolute atomic E-state index is 5.31. The molecule has 1 saturated carbocycles. The van der Waals surface area contributed by atoms with E-state index in [1.165, 1.54) is 19.3 Å². The lowest BCUT2D eigenvalue weighted by Crippen LogP contribution is -2.38. The molecule has 0 aliphatic heterocycles. The van der Waals surface area contributed by atoms with E-state index < -0.39 is 0 Å². The Bertz CT molecular complexity index is 398. The normalized spacial score (nSPS) is 18.4. The third-order valence-electron chi connectivity index (χ3n) is 3.45. The van der Waals surface area contributed by atoms with E-state index in [1.807, 2.05) is 11.8 Å². The summed E-state index contributed by atoms with van der Waals surface area (Å²) in [6.07, 6.45) is 8.32. The van der Waals surface area contributed by atoms with Gasteiger partial charge in [0.1, 0.15) is 5.82 Å². The van der Waals surface area contributed by atoms with E-state index in [9.17, 15) is 0 Å². The van der Waals surface area contributed by atoms with Gasteiger partial charge in [-0.3, -0.25) is 5.10 Å². The molecule has 1 aromatic heterocycles. The Hall–Kier alpha value is -0.290. The second kappa shape index (κ2) is 4.92.